The van der Waals surface area contributed by atoms with E-state index in [0.717, 1.165) is 23.1 Å². The first-order chi connectivity index (χ1) is 16.0. The third-order valence-corrected chi connectivity index (χ3v) is 7.65. The molecule has 0 aromatic heterocycles. The topological polar surface area (TPSA) is 75.3 Å². The summed E-state index contributed by atoms with van der Waals surface area (Å²) in [4.78, 5) is 13.4. The first-order valence-electron chi connectivity index (χ1n) is 10.0. The van der Waals surface area contributed by atoms with E-state index in [1.165, 1.54) is 42.1 Å². The van der Waals surface area contributed by atoms with Gasteiger partial charge in [-0.25, -0.2) is 8.42 Å². The van der Waals surface area contributed by atoms with Crippen LogP contribution in [-0.4, -0.2) is 19.6 Å². The quantitative estimate of drug-likeness (QED) is 0.320. The van der Waals surface area contributed by atoms with E-state index < -0.39 is 21.8 Å². The molecule has 11 heteroatoms. The van der Waals surface area contributed by atoms with Gasteiger partial charge in [0.1, 0.15) is 0 Å². The Kier molecular flexibility index (Phi) is 8.17. The lowest BCUT2D eigenvalue weighted by atomic mass is 10.2. The number of sulfonamides is 1. The van der Waals surface area contributed by atoms with E-state index in [1.807, 2.05) is 19.1 Å². The highest BCUT2D eigenvalue weighted by Crippen LogP contribution is 2.31. The maximum Gasteiger partial charge on any atom is 0.416 e. The van der Waals surface area contributed by atoms with Crippen molar-refractivity contribution in [2.45, 2.75) is 34.6 Å². The van der Waals surface area contributed by atoms with Crippen molar-refractivity contribution in [3.05, 3.63) is 83.4 Å². The number of nitrogens with one attached hydrogen (secondary N) is 2. The van der Waals surface area contributed by atoms with Crippen LogP contribution in [0.1, 0.15) is 18.9 Å². The summed E-state index contributed by atoms with van der Waals surface area (Å²) in [6.07, 6.45) is -4.03. The zero-order valence-corrected chi connectivity index (χ0v) is 20.2. The third-order valence-electron chi connectivity index (χ3n) is 4.63. The van der Waals surface area contributed by atoms with Crippen molar-refractivity contribution in [2.24, 2.45) is 0 Å². The summed E-state index contributed by atoms with van der Waals surface area (Å²) in [6.45, 7) is 1.88. The zero-order valence-electron chi connectivity index (χ0n) is 17.8. The summed E-state index contributed by atoms with van der Waals surface area (Å²) < 4.78 is 65.9. The predicted molar refractivity (Wildman–Crippen MR) is 129 cm³/mol. The molecule has 0 heterocycles. The van der Waals surface area contributed by atoms with Gasteiger partial charge in [-0.1, -0.05) is 24.6 Å². The highest BCUT2D eigenvalue weighted by Gasteiger charge is 2.30. The van der Waals surface area contributed by atoms with Crippen LogP contribution in [0.15, 0.2) is 82.6 Å². The van der Waals surface area contributed by atoms with E-state index in [9.17, 15) is 26.4 Å². The number of carbonyl (C=O) groups is 1. The van der Waals surface area contributed by atoms with Crippen LogP contribution in [-0.2, 0) is 21.0 Å². The minimum absolute atomic E-state index is 0.162. The van der Waals surface area contributed by atoms with E-state index in [-0.39, 0.29) is 21.7 Å². The molecule has 1 amide bonds. The van der Waals surface area contributed by atoms with Gasteiger partial charge in [0.05, 0.1) is 15.7 Å². The normalized spacial score (nSPS) is 12.7. The Morgan fingerprint density at radius 3 is 2.24 bits per heavy atom. The number of halogens is 4. The summed E-state index contributed by atoms with van der Waals surface area (Å²) >= 11 is 7.27. The fraction of sp³-hybridized carbons (Fsp3) is 0.174. The Labute approximate surface area is 204 Å². The molecule has 0 bridgehead atoms. The van der Waals surface area contributed by atoms with Gasteiger partial charge < -0.3 is 5.32 Å². The molecule has 3 rings (SSSR count). The number of benzene rings is 3. The fourth-order valence-corrected chi connectivity index (χ4v) is 5.04. The number of amides is 1. The van der Waals surface area contributed by atoms with E-state index in [1.54, 1.807) is 12.1 Å². The molecule has 0 saturated carbocycles. The van der Waals surface area contributed by atoms with Crippen LogP contribution in [0.4, 0.5) is 24.5 Å². The van der Waals surface area contributed by atoms with E-state index in [2.05, 4.69) is 10.0 Å². The lowest BCUT2D eigenvalue weighted by Crippen LogP contribution is -2.24. The molecule has 0 aliphatic heterocycles. The number of carbonyl (C=O) groups excluding carboxylic acids is 1. The van der Waals surface area contributed by atoms with Crippen LogP contribution in [0.5, 0.6) is 0 Å². The number of alkyl halides is 3. The van der Waals surface area contributed by atoms with Gasteiger partial charge >= 0.3 is 6.18 Å². The van der Waals surface area contributed by atoms with E-state index >= 15 is 0 Å². The van der Waals surface area contributed by atoms with Gasteiger partial charge in [-0.2, -0.15) is 13.2 Å². The van der Waals surface area contributed by atoms with Gasteiger partial charge in [-0.05, 0) is 73.2 Å². The zero-order chi connectivity index (χ0) is 24.9. The molecule has 3 aromatic rings. The van der Waals surface area contributed by atoms with Gasteiger partial charge in [-0.15, -0.1) is 11.8 Å². The average molecular weight is 529 g/mol. The van der Waals surface area contributed by atoms with Crippen LogP contribution in [0.25, 0.3) is 0 Å². The first-order valence-corrected chi connectivity index (χ1v) is 12.8. The summed E-state index contributed by atoms with van der Waals surface area (Å²) in [7, 11) is -4.13. The molecule has 1 atom stereocenters. The van der Waals surface area contributed by atoms with Gasteiger partial charge in [0.2, 0.25) is 5.91 Å². The summed E-state index contributed by atoms with van der Waals surface area (Å²) in [5.74, 6) is -0.250. The van der Waals surface area contributed by atoms with Crippen molar-refractivity contribution in [3.8, 4) is 0 Å². The molecule has 5 nitrogen and oxygen atoms in total. The molecule has 0 saturated heterocycles. The SMILES string of the molecule is CC[C@@H](Sc1ccc(Cl)cc1)C(=O)Nc1ccc(S(=O)(=O)Nc2cccc(C(F)(F)F)c2)cc1. The Morgan fingerprint density at radius 1 is 1.00 bits per heavy atom. The van der Waals surface area contributed by atoms with Gasteiger partial charge in [0, 0.05) is 21.3 Å². The van der Waals surface area contributed by atoms with Crippen molar-refractivity contribution < 1.29 is 26.4 Å². The Bertz CT molecular complexity index is 1250. The maximum atomic E-state index is 12.9. The second-order valence-electron chi connectivity index (χ2n) is 7.17. The Balaban J connectivity index is 1.67. The lowest BCUT2D eigenvalue weighted by molar-refractivity contribution is -0.137. The van der Waals surface area contributed by atoms with Crippen molar-refractivity contribution >= 4 is 50.7 Å². The third kappa shape index (κ3) is 6.91. The molecule has 3 aromatic carbocycles. The number of thioether (sulfide) groups is 1. The first kappa shape index (κ1) is 25.9. The Morgan fingerprint density at radius 2 is 1.65 bits per heavy atom. The monoisotopic (exact) mass is 528 g/mol. The van der Waals surface area contributed by atoms with Crippen LogP contribution in [0.3, 0.4) is 0 Å². The molecule has 34 heavy (non-hydrogen) atoms. The van der Waals surface area contributed by atoms with Crippen molar-refractivity contribution in [2.75, 3.05) is 10.0 Å². The highest BCUT2D eigenvalue weighted by molar-refractivity contribution is 8.00. The van der Waals surface area contributed by atoms with Gasteiger partial charge in [0.15, 0.2) is 0 Å². The molecule has 0 radical (unpaired) electrons. The van der Waals surface area contributed by atoms with Crippen LogP contribution in [0, 0.1) is 0 Å². The standard InChI is InChI=1S/C23H20ClF3N2O3S2/c1-2-21(33-19-10-6-16(24)7-11-19)22(30)28-17-8-12-20(13-9-17)34(31,32)29-18-5-3-4-15(14-18)23(25,26)27/h3-14,21,29H,2H2,1H3,(H,28,30)/t21-/m1/s1. The maximum absolute atomic E-state index is 12.9. The fourth-order valence-electron chi connectivity index (χ4n) is 2.91. The molecule has 0 aliphatic rings. The minimum Gasteiger partial charge on any atom is -0.325 e. The lowest BCUT2D eigenvalue weighted by Gasteiger charge is -2.15. The second kappa shape index (κ2) is 10.7. The number of hydrogen-bond acceptors (Lipinski definition) is 4. The smallest absolute Gasteiger partial charge is 0.325 e. The minimum atomic E-state index is -4.59. The number of anilines is 2. The van der Waals surface area contributed by atoms with Crippen LogP contribution < -0.4 is 10.0 Å². The van der Waals surface area contributed by atoms with E-state index in [4.69, 9.17) is 11.6 Å². The predicted octanol–water partition coefficient (Wildman–Crippen LogP) is 6.67. The van der Waals surface area contributed by atoms with Crippen LogP contribution >= 0.6 is 23.4 Å². The molecule has 180 valence electrons. The molecular weight excluding hydrogens is 509 g/mol. The van der Waals surface area contributed by atoms with Gasteiger partial charge in [-0.3, -0.25) is 9.52 Å². The average Bonchev–Trinajstić information content (AvgIpc) is 2.78. The molecular formula is C23H20ClF3N2O3S2. The highest BCUT2D eigenvalue weighted by atomic mass is 35.5. The second-order valence-corrected chi connectivity index (χ2v) is 10.6. The molecule has 0 fully saturated rings. The molecule has 0 aliphatic carbocycles. The van der Waals surface area contributed by atoms with Crippen LogP contribution in [0.2, 0.25) is 5.02 Å². The van der Waals surface area contributed by atoms with Crippen molar-refractivity contribution in [1.29, 1.82) is 0 Å². The van der Waals surface area contributed by atoms with Crippen molar-refractivity contribution in [1.82, 2.24) is 0 Å². The molecule has 2 N–H and O–H groups in total. The van der Waals surface area contributed by atoms with Gasteiger partial charge in [0.25, 0.3) is 10.0 Å². The molecule has 0 spiro atoms. The molecule has 0 unspecified atom stereocenters. The van der Waals surface area contributed by atoms with Crippen molar-refractivity contribution in [3.63, 3.8) is 0 Å². The Hall–Kier alpha value is -2.69. The van der Waals surface area contributed by atoms with E-state index in [0.29, 0.717) is 17.1 Å². The summed E-state index contributed by atoms with van der Waals surface area (Å²) in [5.41, 5.74) is -0.789. The summed E-state index contributed by atoms with van der Waals surface area (Å²) in [6, 6.07) is 16.4. The summed E-state index contributed by atoms with van der Waals surface area (Å²) in [5, 5.41) is 2.97. The number of rotatable bonds is 8. The number of hydrogen-bond donors (Lipinski definition) is 2. The largest absolute Gasteiger partial charge is 0.416 e.